The molecule has 0 saturated heterocycles. The fourth-order valence-corrected chi connectivity index (χ4v) is 2.29. The molecule has 0 aromatic rings. The maximum atomic E-state index is 11.5. The number of thioether (sulfide) groups is 1. The van der Waals surface area contributed by atoms with E-state index in [4.69, 9.17) is 5.11 Å². The Morgan fingerprint density at radius 2 is 1.95 bits per heavy atom. The highest BCUT2D eigenvalue weighted by atomic mass is 32.2. The van der Waals surface area contributed by atoms with Gasteiger partial charge in [0, 0.05) is 13.0 Å². The van der Waals surface area contributed by atoms with Crippen molar-refractivity contribution in [1.29, 1.82) is 0 Å². The number of carboxylic acid groups (broad SMARTS) is 1. The van der Waals surface area contributed by atoms with Gasteiger partial charge in [-0.25, -0.2) is 0 Å². The molecule has 7 heteroatoms. The van der Waals surface area contributed by atoms with Gasteiger partial charge in [-0.05, 0) is 12.3 Å². The zero-order chi connectivity index (χ0) is 14.8. The topological polar surface area (TPSA) is 92.7 Å². The highest BCUT2D eigenvalue weighted by molar-refractivity contribution is 8.01. The van der Waals surface area contributed by atoms with Crippen LogP contribution in [0.1, 0.15) is 26.7 Å². The van der Waals surface area contributed by atoms with Gasteiger partial charge in [0.15, 0.2) is 0 Å². The maximum absolute atomic E-state index is 11.5. The van der Waals surface area contributed by atoms with Crippen LogP contribution in [0.3, 0.4) is 0 Å². The fourth-order valence-electron chi connectivity index (χ4n) is 1.33. The summed E-state index contributed by atoms with van der Waals surface area (Å²) in [7, 11) is 1.31. The summed E-state index contributed by atoms with van der Waals surface area (Å²) in [6.07, 6.45) is 0.767. The van der Waals surface area contributed by atoms with Gasteiger partial charge in [0.1, 0.15) is 5.25 Å². The monoisotopic (exact) mass is 291 g/mol. The molecule has 110 valence electrons. The minimum absolute atomic E-state index is 0.0328. The zero-order valence-electron chi connectivity index (χ0n) is 11.5. The molecule has 1 unspecified atom stereocenters. The molecule has 19 heavy (non-hydrogen) atoms. The number of carbonyl (C=O) groups excluding carboxylic acids is 2. The van der Waals surface area contributed by atoms with Crippen LogP contribution >= 0.6 is 11.8 Å². The predicted octanol–water partition coefficient (Wildman–Crippen LogP) is 0.898. The summed E-state index contributed by atoms with van der Waals surface area (Å²) < 4.78 is 4.47. The molecular formula is C12H21NO5S. The molecule has 0 spiro atoms. The molecule has 0 aliphatic carbocycles. The summed E-state index contributed by atoms with van der Waals surface area (Å²) >= 11 is 1.11. The SMILES string of the molecule is COC(=O)CCCNC(=O)CSC(C(=O)O)C(C)C. The average Bonchev–Trinajstić information content (AvgIpc) is 2.33. The van der Waals surface area contributed by atoms with Crippen LogP contribution in [0.2, 0.25) is 0 Å². The van der Waals surface area contributed by atoms with E-state index in [0.717, 1.165) is 11.8 Å². The zero-order valence-corrected chi connectivity index (χ0v) is 12.3. The van der Waals surface area contributed by atoms with Crippen molar-refractivity contribution in [3.63, 3.8) is 0 Å². The first-order valence-electron chi connectivity index (χ1n) is 6.06. The molecule has 0 aromatic heterocycles. The van der Waals surface area contributed by atoms with Gasteiger partial charge in [-0.3, -0.25) is 14.4 Å². The van der Waals surface area contributed by atoms with Crippen molar-refractivity contribution in [1.82, 2.24) is 5.32 Å². The molecule has 2 N–H and O–H groups in total. The lowest BCUT2D eigenvalue weighted by atomic mass is 10.1. The molecule has 0 radical (unpaired) electrons. The number of aliphatic carboxylic acids is 1. The maximum Gasteiger partial charge on any atom is 0.316 e. The van der Waals surface area contributed by atoms with Gasteiger partial charge < -0.3 is 15.2 Å². The Morgan fingerprint density at radius 3 is 2.42 bits per heavy atom. The minimum atomic E-state index is -0.904. The van der Waals surface area contributed by atoms with Gasteiger partial charge in [0.2, 0.25) is 5.91 Å². The smallest absolute Gasteiger partial charge is 0.316 e. The van der Waals surface area contributed by atoms with E-state index in [1.54, 1.807) is 13.8 Å². The number of amides is 1. The van der Waals surface area contributed by atoms with Crippen LogP contribution in [0, 0.1) is 5.92 Å². The lowest BCUT2D eigenvalue weighted by Crippen LogP contribution is -2.30. The Bertz CT molecular complexity index is 319. The van der Waals surface area contributed by atoms with Crippen molar-refractivity contribution in [2.75, 3.05) is 19.4 Å². The Labute approximate surface area is 117 Å². The first-order valence-corrected chi connectivity index (χ1v) is 7.11. The molecule has 0 aromatic carbocycles. The lowest BCUT2D eigenvalue weighted by Gasteiger charge is -2.15. The number of ether oxygens (including phenoxy) is 1. The van der Waals surface area contributed by atoms with Crippen LogP contribution < -0.4 is 5.32 Å². The predicted molar refractivity (Wildman–Crippen MR) is 73.0 cm³/mol. The summed E-state index contributed by atoms with van der Waals surface area (Å²) in [5.74, 6) is -1.36. The van der Waals surface area contributed by atoms with Crippen molar-refractivity contribution in [2.45, 2.75) is 31.9 Å². The molecule has 0 bridgehead atoms. The van der Waals surface area contributed by atoms with Crippen LogP contribution in [0.25, 0.3) is 0 Å². The van der Waals surface area contributed by atoms with Crippen molar-refractivity contribution in [2.24, 2.45) is 5.92 Å². The van der Waals surface area contributed by atoms with Crippen molar-refractivity contribution >= 4 is 29.6 Å². The van der Waals surface area contributed by atoms with E-state index in [1.807, 2.05) is 0 Å². The highest BCUT2D eigenvalue weighted by Gasteiger charge is 2.22. The van der Waals surface area contributed by atoms with Gasteiger partial charge in [-0.2, -0.15) is 0 Å². The largest absolute Gasteiger partial charge is 0.480 e. The number of hydrogen-bond acceptors (Lipinski definition) is 5. The summed E-state index contributed by atoms with van der Waals surface area (Å²) in [5, 5.41) is 11.0. The minimum Gasteiger partial charge on any atom is -0.480 e. The van der Waals surface area contributed by atoms with E-state index >= 15 is 0 Å². The van der Waals surface area contributed by atoms with E-state index in [9.17, 15) is 14.4 Å². The first-order chi connectivity index (χ1) is 8.88. The molecule has 1 amide bonds. The second-order valence-corrected chi connectivity index (χ2v) is 5.47. The van der Waals surface area contributed by atoms with Crippen molar-refractivity contribution in [3.8, 4) is 0 Å². The van der Waals surface area contributed by atoms with E-state index in [-0.39, 0.29) is 30.0 Å². The van der Waals surface area contributed by atoms with Gasteiger partial charge in [-0.1, -0.05) is 13.8 Å². The molecule has 1 atom stereocenters. The molecule has 0 rings (SSSR count). The van der Waals surface area contributed by atoms with Crippen molar-refractivity contribution < 1.29 is 24.2 Å². The molecule has 0 aliphatic heterocycles. The summed E-state index contributed by atoms with van der Waals surface area (Å²) in [4.78, 5) is 33.2. The van der Waals surface area contributed by atoms with Crippen molar-refractivity contribution in [3.05, 3.63) is 0 Å². The number of hydrogen-bond donors (Lipinski definition) is 2. The molecular weight excluding hydrogens is 270 g/mol. The second kappa shape index (κ2) is 9.66. The highest BCUT2D eigenvalue weighted by Crippen LogP contribution is 2.19. The Kier molecular flexibility index (Phi) is 9.03. The number of methoxy groups -OCH3 is 1. The Balaban J connectivity index is 3.80. The Hall–Kier alpha value is -1.24. The third kappa shape index (κ3) is 8.47. The van der Waals surface area contributed by atoms with Gasteiger partial charge in [0.05, 0.1) is 12.9 Å². The van der Waals surface area contributed by atoms with Crippen LogP contribution in [0.5, 0.6) is 0 Å². The molecule has 0 fully saturated rings. The second-order valence-electron chi connectivity index (χ2n) is 4.34. The third-order valence-electron chi connectivity index (χ3n) is 2.35. The molecule has 0 aliphatic rings. The van der Waals surface area contributed by atoms with E-state index in [1.165, 1.54) is 7.11 Å². The standard InChI is InChI=1S/C12H21NO5S/c1-8(2)11(12(16)17)19-7-9(14)13-6-4-5-10(15)18-3/h8,11H,4-7H2,1-3H3,(H,13,14)(H,16,17). The average molecular weight is 291 g/mol. The quantitative estimate of drug-likeness (QED) is 0.484. The van der Waals surface area contributed by atoms with E-state index in [2.05, 4.69) is 10.1 Å². The van der Waals surface area contributed by atoms with Crippen LogP contribution in [-0.4, -0.2) is 47.6 Å². The number of esters is 1. The Morgan fingerprint density at radius 1 is 1.32 bits per heavy atom. The lowest BCUT2D eigenvalue weighted by molar-refractivity contribution is -0.141. The number of carbonyl (C=O) groups is 3. The van der Waals surface area contributed by atoms with Gasteiger partial charge >= 0.3 is 11.9 Å². The molecule has 6 nitrogen and oxygen atoms in total. The third-order valence-corrected chi connectivity index (χ3v) is 3.88. The first kappa shape index (κ1) is 17.8. The van der Waals surface area contributed by atoms with E-state index < -0.39 is 11.2 Å². The molecule has 0 saturated carbocycles. The number of nitrogens with one attached hydrogen (secondary N) is 1. The molecule has 0 heterocycles. The summed E-state index contributed by atoms with van der Waals surface area (Å²) in [6.45, 7) is 3.99. The fraction of sp³-hybridized carbons (Fsp3) is 0.750. The van der Waals surface area contributed by atoms with Gasteiger partial charge in [0.25, 0.3) is 0 Å². The van der Waals surface area contributed by atoms with Crippen LogP contribution in [0.15, 0.2) is 0 Å². The summed E-state index contributed by atoms with van der Waals surface area (Å²) in [5.41, 5.74) is 0. The van der Waals surface area contributed by atoms with Gasteiger partial charge in [-0.15, -0.1) is 11.8 Å². The van der Waals surface area contributed by atoms with Crippen LogP contribution in [-0.2, 0) is 19.1 Å². The van der Waals surface area contributed by atoms with E-state index in [0.29, 0.717) is 13.0 Å². The number of rotatable bonds is 9. The summed E-state index contributed by atoms with van der Waals surface area (Å²) in [6, 6.07) is 0. The normalized spacial score (nSPS) is 12.0. The van der Waals surface area contributed by atoms with Crippen LogP contribution in [0.4, 0.5) is 0 Å². The number of carboxylic acids is 1.